The van der Waals surface area contributed by atoms with E-state index in [9.17, 15) is 14.4 Å². The van der Waals surface area contributed by atoms with Gasteiger partial charge in [0.2, 0.25) is 5.91 Å². The molecule has 1 fully saturated rings. The minimum Gasteiger partial charge on any atom is -0.352 e. The summed E-state index contributed by atoms with van der Waals surface area (Å²) in [6.07, 6.45) is 1.14. The van der Waals surface area contributed by atoms with Crippen LogP contribution in [0.3, 0.4) is 0 Å². The molecular formula is C20H25N5O3. The Morgan fingerprint density at radius 2 is 1.96 bits per heavy atom. The summed E-state index contributed by atoms with van der Waals surface area (Å²) in [5.41, 5.74) is 6.35. The first-order chi connectivity index (χ1) is 13.2. The third-order valence-corrected chi connectivity index (χ3v) is 5.22. The molecule has 1 atom stereocenters. The Labute approximate surface area is 163 Å². The van der Waals surface area contributed by atoms with Gasteiger partial charge in [-0.1, -0.05) is 18.2 Å². The standard InChI is InChI=1S/C20H25N5O3/c1-12-10-16(23-15-7-5-4-6-14(12)15)17(26)22-11-13(2)25(3)18(27)20(8-9-20)24-19(21)28/h4-7,10,13H,8-9,11H2,1-3H3,(H,22,26)(H3,21,24,28). The van der Waals surface area contributed by atoms with Crippen LogP contribution in [0, 0.1) is 6.92 Å². The number of aromatic nitrogens is 1. The highest BCUT2D eigenvalue weighted by Gasteiger charge is 2.52. The molecule has 1 aromatic heterocycles. The number of likely N-dealkylation sites (N-methyl/N-ethyl adjacent to an activating group) is 1. The predicted octanol–water partition coefficient (Wildman–Crippen LogP) is 1.32. The molecule has 0 spiro atoms. The Morgan fingerprint density at radius 3 is 2.61 bits per heavy atom. The number of aryl methyl sites for hydroxylation is 1. The number of hydrogen-bond acceptors (Lipinski definition) is 4. The molecule has 3 rings (SSSR count). The summed E-state index contributed by atoms with van der Waals surface area (Å²) in [7, 11) is 1.65. The third-order valence-electron chi connectivity index (χ3n) is 5.22. The predicted molar refractivity (Wildman–Crippen MR) is 106 cm³/mol. The monoisotopic (exact) mass is 383 g/mol. The van der Waals surface area contributed by atoms with Gasteiger partial charge in [-0.2, -0.15) is 0 Å². The summed E-state index contributed by atoms with van der Waals surface area (Å²) in [6.45, 7) is 4.04. The number of primary amides is 1. The first-order valence-electron chi connectivity index (χ1n) is 9.23. The van der Waals surface area contributed by atoms with Crippen LogP contribution in [-0.2, 0) is 4.79 Å². The summed E-state index contributed by atoms with van der Waals surface area (Å²) in [6, 6.07) is 8.44. The Morgan fingerprint density at radius 1 is 1.29 bits per heavy atom. The first kappa shape index (κ1) is 19.6. The first-order valence-corrected chi connectivity index (χ1v) is 9.23. The number of amides is 4. The lowest BCUT2D eigenvalue weighted by Gasteiger charge is -2.29. The molecule has 1 saturated carbocycles. The van der Waals surface area contributed by atoms with E-state index in [0.29, 0.717) is 18.5 Å². The lowest BCUT2D eigenvalue weighted by atomic mass is 10.1. The van der Waals surface area contributed by atoms with Crippen molar-refractivity contribution in [2.45, 2.75) is 38.3 Å². The fourth-order valence-corrected chi connectivity index (χ4v) is 3.22. The van der Waals surface area contributed by atoms with E-state index in [1.165, 1.54) is 4.90 Å². The molecule has 4 N–H and O–H groups in total. The van der Waals surface area contributed by atoms with Crippen molar-refractivity contribution in [1.82, 2.24) is 20.5 Å². The number of carbonyl (C=O) groups is 3. The number of nitrogens with zero attached hydrogens (tertiary/aromatic N) is 2. The lowest BCUT2D eigenvalue weighted by molar-refractivity contribution is -0.134. The minimum absolute atomic E-state index is 0.201. The second-order valence-corrected chi connectivity index (χ2v) is 7.39. The maximum Gasteiger partial charge on any atom is 0.313 e. The van der Waals surface area contributed by atoms with E-state index >= 15 is 0 Å². The van der Waals surface area contributed by atoms with Crippen LogP contribution in [-0.4, -0.2) is 52.9 Å². The number of benzene rings is 1. The fourth-order valence-electron chi connectivity index (χ4n) is 3.22. The van der Waals surface area contributed by atoms with Crippen LogP contribution in [0.15, 0.2) is 30.3 Å². The average molecular weight is 383 g/mol. The normalized spacial score (nSPS) is 15.5. The summed E-state index contributed by atoms with van der Waals surface area (Å²) in [4.78, 5) is 42.3. The molecule has 8 nitrogen and oxygen atoms in total. The Balaban J connectivity index is 1.62. The van der Waals surface area contributed by atoms with Crippen molar-refractivity contribution in [2.24, 2.45) is 5.73 Å². The van der Waals surface area contributed by atoms with E-state index in [2.05, 4.69) is 15.6 Å². The van der Waals surface area contributed by atoms with E-state index in [4.69, 9.17) is 5.73 Å². The van der Waals surface area contributed by atoms with E-state index in [0.717, 1.165) is 16.5 Å². The molecule has 28 heavy (non-hydrogen) atoms. The zero-order valence-electron chi connectivity index (χ0n) is 16.3. The second kappa shape index (κ2) is 7.46. The van der Waals surface area contributed by atoms with Gasteiger partial charge in [-0.25, -0.2) is 9.78 Å². The molecule has 4 amide bonds. The number of para-hydroxylation sites is 1. The smallest absolute Gasteiger partial charge is 0.313 e. The molecule has 0 radical (unpaired) electrons. The van der Waals surface area contributed by atoms with Crippen LogP contribution >= 0.6 is 0 Å². The Hall–Kier alpha value is -3.16. The maximum atomic E-state index is 12.6. The highest BCUT2D eigenvalue weighted by atomic mass is 16.2. The van der Waals surface area contributed by atoms with E-state index in [-0.39, 0.29) is 24.4 Å². The highest BCUT2D eigenvalue weighted by Crippen LogP contribution is 2.37. The zero-order valence-corrected chi connectivity index (χ0v) is 16.3. The van der Waals surface area contributed by atoms with Crippen molar-refractivity contribution in [3.63, 3.8) is 0 Å². The molecule has 0 saturated heterocycles. The van der Waals surface area contributed by atoms with Crippen LogP contribution < -0.4 is 16.4 Å². The molecule has 1 aromatic carbocycles. The Kier molecular flexibility index (Phi) is 5.22. The number of nitrogens with two attached hydrogens (primary N) is 1. The molecule has 1 heterocycles. The number of urea groups is 1. The molecule has 1 aliphatic carbocycles. The number of carbonyl (C=O) groups excluding carboxylic acids is 3. The van der Waals surface area contributed by atoms with Crippen molar-refractivity contribution in [1.29, 1.82) is 0 Å². The fraction of sp³-hybridized carbons (Fsp3) is 0.400. The Bertz CT molecular complexity index is 939. The number of hydrogen-bond donors (Lipinski definition) is 3. The quantitative estimate of drug-likeness (QED) is 0.697. The summed E-state index contributed by atoms with van der Waals surface area (Å²) in [5.74, 6) is -0.495. The zero-order chi connectivity index (χ0) is 20.5. The molecule has 1 aliphatic rings. The van der Waals surface area contributed by atoms with E-state index < -0.39 is 11.6 Å². The van der Waals surface area contributed by atoms with Gasteiger partial charge in [0, 0.05) is 25.0 Å². The highest BCUT2D eigenvalue weighted by molar-refractivity contribution is 5.96. The van der Waals surface area contributed by atoms with Gasteiger partial charge in [0.1, 0.15) is 11.2 Å². The van der Waals surface area contributed by atoms with Gasteiger partial charge in [0.15, 0.2) is 0 Å². The molecule has 2 aromatic rings. The van der Waals surface area contributed by atoms with Crippen molar-refractivity contribution < 1.29 is 14.4 Å². The van der Waals surface area contributed by atoms with Gasteiger partial charge in [-0.05, 0) is 44.4 Å². The molecule has 8 heteroatoms. The number of rotatable bonds is 6. The average Bonchev–Trinajstić information content (AvgIpc) is 3.44. The molecule has 148 valence electrons. The van der Waals surface area contributed by atoms with Crippen molar-refractivity contribution in [2.75, 3.05) is 13.6 Å². The largest absolute Gasteiger partial charge is 0.352 e. The SMILES string of the molecule is Cc1cc(C(=O)NCC(C)N(C)C(=O)C2(NC(N)=O)CC2)nc2ccccc12. The number of pyridine rings is 1. The van der Waals surface area contributed by atoms with Gasteiger partial charge < -0.3 is 21.3 Å². The summed E-state index contributed by atoms with van der Waals surface area (Å²) >= 11 is 0. The van der Waals surface area contributed by atoms with E-state index in [1.807, 2.05) is 38.1 Å². The van der Waals surface area contributed by atoms with Gasteiger partial charge in [0.05, 0.1) is 5.52 Å². The van der Waals surface area contributed by atoms with Crippen LogP contribution in [0.2, 0.25) is 0 Å². The topological polar surface area (TPSA) is 117 Å². The molecular weight excluding hydrogens is 358 g/mol. The number of fused-ring (bicyclic) bond motifs is 1. The summed E-state index contributed by atoms with van der Waals surface area (Å²) < 4.78 is 0. The molecule has 1 unspecified atom stereocenters. The molecule has 0 bridgehead atoms. The van der Waals surface area contributed by atoms with Crippen molar-refractivity contribution in [3.8, 4) is 0 Å². The summed E-state index contributed by atoms with van der Waals surface area (Å²) in [5, 5.41) is 6.37. The van der Waals surface area contributed by atoms with Crippen molar-refractivity contribution in [3.05, 3.63) is 41.6 Å². The van der Waals surface area contributed by atoms with Gasteiger partial charge >= 0.3 is 6.03 Å². The third kappa shape index (κ3) is 3.90. The van der Waals surface area contributed by atoms with Crippen LogP contribution in [0.5, 0.6) is 0 Å². The van der Waals surface area contributed by atoms with Gasteiger partial charge in [-0.3, -0.25) is 9.59 Å². The van der Waals surface area contributed by atoms with Gasteiger partial charge in [0.25, 0.3) is 5.91 Å². The maximum absolute atomic E-state index is 12.6. The minimum atomic E-state index is -0.893. The van der Waals surface area contributed by atoms with Crippen LogP contribution in [0.25, 0.3) is 10.9 Å². The van der Waals surface area contributed by atoms with Crippen LogP contribution in [0.4, 0.5) is 4.79 Å². The van der Waals surface area contributed by atoms with Gasteiger partial charge in [-0.15, -0.1) is 0 Å². The van der Waals surface area contributed by atoms with E-state index in [1.54, 1.807) is 13.1 Å². The number of nitrogens with one attached hydrogen (secondary N) is 2. The van der Waals surface area contributed by atoms with Crippen molar-refractivity contribution >= 4 is 28.7 Å². The lowest BCUT2D eigenvalue weighted by Crippen LogP contribution is -2.54. The molecule has 0 aliphatic heterocycles. The van der Waals surface area contributed by atoms with Crippen LogP contribution in [0.1, 0.15) is 35.8 Å². The second-order valence-electron chi connectivity index (χ2n) is 7.39.